The Morgan fingerprint density at radius 2 is 1.95 bits per heavy atom. The van der Waals surface area contributed by atoms with Crippen molar-refractivity contribution in [1.29, 1.82) is 0 Å². The van der Waals surface area contributed by atoms with E-state index >= 15 is 0 Å². The largest absolute Gasteiger partial charge is 0.454 e. The van der Waals surface area contributed by atoms with Gasteiger partial charge in [-0.25, -0.2) is 0 Å². The Morgan fingerprint density at radius 1 is 1.20 bits per heavy atom. The fourth-order valence-electron chi connectivity index (χ4n) is 1.99. The molecule has 2 nitrogen and oxygen atoms in total. The summed E-state index contributed by atoms with van der Waals surface area (Å²) in [7, 11) is 0. The molecule has 0 aliphatic carbocycles. The summed E-state index contributed by atoms with van der Waals surface area (Å²) in [5.41, 5.74) is 6.92. The SMILES string of the molecule is CSc1ccccc1Oc1c(Cl)cccc1CC(C)N. The minimum Gasteiger partial charge on any atom is -0.454 e. The number of rotatable bonds is 5. The maximum Gasteiger partial charge on any atom is 0.149 e. The number of hydrogen-bond donors (Lipinski definition) is 1. The molecule has 106 valence electrons. The second-order valence-electron chi connectivity index (χ2n) is 4.66. The summed E-state index contributed by atoms with van der Waals surface area (Å²) in [4.78, 5) is 1.08. The number of thioether (sulfide) groups is 1. The van der Waals surface area contributed by atoms with Crippen LogP contribution in [0.5, 0.6) is 11.5 Å². The van der Waals surface area contributed by atoms with Gasteiger partial charge < -0.3 is 10.5 Å². The molecule has 1 unspecified atom stereocenters. The van der Waals surface area contributed by atoms with Gasteiger partial charge in [0.15, 0.2) is 0 Å². The quantitative estimate of drug-likeness (QED) is 0.810. The Labute approximate surface area is 129 Å². The van der Waals surface area contributed by atoms with Gasteiger partial charge in [0.25, 0.3) is 0 Å². The zero-order valence-corrected chi connectivity index (χ0v) is 13.2. The zero-order valence-electron chi connectivity index (χ0n) is 11.6. The van der Waals surface area contributed by atoms with Crippen LogP contribution in [0.3, 0.4) is 0 Å². The lowest BCUT2D eigenvalue weighted by molar-refractivity contribution is 0.463. The molecule has 0 aliphatic heterocycles. The lowest BCUT2D eigenvalue weighted by Crippen LogP contribution is -2.18. The number of benzene rings is 2. The highest BCUT2D eigenvalue weighted by molar-refractivity contribution is 7.98. The summed E-state index contributed by atoms with van der Waals surface area (Å²) in [5.74, 6) is 1.52. The Morgan fingerprint density at radius 3 is 2.65 bits per heavy atom. The maximum atomic E-state index is 6.29. The van der Waals surface area contributed by atoms with Gasteiger partial charge in [-0.1, -0.05) is 35.9 Å². The van der Waals surface area contributed by atoms with E-state index in [4.69, 9.17) is 22.1 Å². The molecular weight excluding hydrogens is 290 g/mol. The van der Waals surface area contributed by atoms with Crippen LogP contribution in [-0.2, 0) is 6.42 Å². The minimum atomic E-state index is 0.0617. The van der Waals surface area contributed by atoms with Crippen LogP contribution in [0, 0.1) is 0 Å². The lowest BCUT2D eigenvalue weighted by atomic mass is 10.1. The fraction of sp³-hybridized carbons (Fsp3) is 0.250. The Balaban J connectivity index is 2.37. The molecule has 2 N–H and O–H groups in total. The number of hydrogen-bond acceptors (Lipinski definition) is 3. The summed E-state index contributed by atoms with van der Waals surface area (Å²) < 4.78 is 6.05. The lowest BCUT2D eigenvalue weighted by Gasteiger charge is -2.15. The van der Waals surface area contributed by atoms with Gasteiger partial charge >= 0.3 is 0 Å². The molecular formula is C16H18ClNOS. The van der Waals surface area contributed by atoms with E-state index in [0.29, 0.717) is 10.8 Å². The number of para-hydroxylation sites is 2. The minimum absolute atomic E-state index is 0.0617. The van der Waals surface area contributed by atoms with Gasteiger partial charge in [0.05, 0.1) is 5.02 Å². The van der Waals surface area contributed by atoms with E-state index in [1.807, 2.05) is 55.6 Å². The van der Waals surface area contributed by atoms with Crippen molar-refractivity contribution in [2.45, 2.75) is 24.3 Å². The van der Waals surface area contributed by atoms with Gasteiger partial charge in [-0.3, -0.25) is 0 Å². The highest BCUT2D eigenvalue weighted by Crippen LogP contribution is 2.37. The van der Waals surface area contributed by atoms with E-state index in [2.05, 4.69) is 0 Å². The molecule has 2 aromatic carbocycles. The van der Waals surface area contributed by atoms with Crippen LogP contribution in [-0.4, -0.2) is 12.3 Å². The second kappa shape index (κ2) is 7.02. The van der Waals surface area contributed by atoms with Gasteiger partial charge in [0, 0.05) is 10.9 Å². The van der Waals surface area contributed by atoms with E-state index < -0.39 is 0 Å². The first-order valence-electron chi connectivity index (χ1n) is 6.45. The van der Waals surface area contributed by atoms with Crippen LogP contribution in [0.1, 0.15) is 12.5 Å². The molecule has 0 heterocycles. The smallest absolute Gasteiger partial charge is 0.149 e. The average Bonchev–Trinajstić information content (AvgIpc) is 2.42. The van der Waals surface area contributed by atoms with Crippen LogP contribution in [0.25, 0.3) is 0 Å². The number of nitrogens with two attached hydrogens (primary N) is 1. The zero-order chi connectivity index (χ0) is 14.5. The van der Waals surface area contributed by atoms with E-state index in [9.17, 15) is 0 Å². The van der Waals surface area contributed by atoms with Crippen molar-refractivity contribution in [1.82, 2.24) is 0 Å². The first kappa shape index (κ1) is 15.2. The first-order chi connectivity index (χ1) is 9.61. The van der Waals surface area contributed by atoms with Crippen LogP contribution in [0.15, 0.2) is 47.4 Å². The second-order valence-corrected chi connectivity index (χ2v) is 5.92. The Bertz CT molecular complexity index is 586. The van der Waals surface area contributed by atoms with Gasteiger partial charge in [-0.15, -0.1) is 11.8 Å². The molecule has 1 atom stereocenters. The van der Waals surface area contributed by atoms with Crippen LogP contribution >= 0.6 is 23.4 Å². The van der Waals surface area contributed by atoms with Crippen molar-refractivity contribution >= 4 is 23.4 Å². The third-order valence-corrected chi connectivity index (χ3v) is 3.95. The molecule has 2 aromatic rings. The molecule has 0 saturated heterocycles. The number of halogens is 1. The van der Waals surface area contributed by atoms with Crippen molar-refractivity contribution in [2.75, 3.05) is 6.26 Å². The third kappa shape index (κ3) is 3.69. The Hall–Kier alpha value is -1.16. The molecule has 0 fully saturated rings. The predicted octanol–water partition coefficient (Wildman–Crippen LogP) is 4.74. The van der Waals surface area contributed by atoms with Gasteiger partial charge in [-0.2, -0.15) is 0 Å². The van der Waals surface area contributed by atoms with Gasteiger partial charge in [-0.05, 0) is 43.4 Å². The topological polar surface area (TPSA) is 35.2 Å². The predicted molar refractivity (Wildman–Crippen MR) is 87.1 cm³/mol. The van der Waals surface area contributed by atoms with E-state index in [1.165, 1.54) is 0 Å². The molecule has 0 aromatic heterocycles. The van der Waals surface area contributed by atoms with E-state index in [-0.39, 0.29) is 6.04 Å². The van der Waals surface area contributed by atoms with Crippen molar-refractivity contribution < 1.29 is 4.74 Å². The summed E-state index contributed by atoms with van der Waals surface area (Å²) in [5, 5.41) is 0.610. The third-order valence-electron chi connectivity index (χ3n) is 2.87. The highest BCUT2D eigenvalue weighted by Gasteiger charge is 2.12. The van der Waals surface area contributed by atoms with Crippen molar-refractivity contribution in [3.8, 4) is 11.5 Å². The summed E-state index contributed by atoms with van der Waals surface area (Å²) in [6, 6.07) is 13.8. The van der Waals surface area contributed by atoms with Crippen LogP contribution in [0.2, 0.25) is 5.02 Å². The summed E-state index contributed by atoms with van der Waals surface area (Å²) in [6.45, 7) is 1.97. The average molecular weight is 308 g/mol. The van der Waals surface area contributed by atoms with Gasteiger partial charge in [0.2, 0.25) is 0 Å². The Kier molecular flexibility index (Phi) is 5.35. The standard InChI is InChI=1S/C16H18ClNOS/c1-11(18)10-12-6-5-7-13(17)16(12)19-14-8-3-4-9-15(14)20-2/h3-9,11H,10,18H2,1-2H3. The number of ether oxygens (including phenoxy) is 1. The maximum absolute atomic E-state index is 6.29. The van der Waals surface area contributed by atoms with E-state index in [0.717, 1.165) is 22.6 Å². The van der Waals surface area contributed by atoms with Gasteiger partial charge in [0.1, 0.15) is 11.5 Å². The van der Waals surface area contributed by atoms with Crippen LogP contribution < -0.4 is 10.5 Å². The summed E-state index contributed by atoms with van der Waals surface area (Å²) in [6.07, 6.45) is 2.76. The molecule has 2 rings (SSSR count). The molecule has 0 saturated carbocycles. The highest BCUT2D eigenvalue weighted by atomic mass is 35.5. The summed E-state index contributed by atoms with van der Waals surface area (Å²) >= 11 is 7.93. The molecule has 4 heteroatoms. The molecule has 20 heavy (non-hydrogen) atoms. The van der Waals surface area contributed by atoms with Crippen molar-refractivity contribution in [2.24, 2.45) is 5.73 Å². The van der Waals surface area contributed by atoms with Crippen LogP contribution in [0.4, 0.5) is 0 Å². The molecule has 0 radical (unpaired) electrons. The van der Waals surface area contributed by atoms with E-state index in [1.54, 1.807) is 11.8 Å². The molecule has 0 aliphatic rings. The molecule has 0 bridgehead atoms. The van der Waals surface area contributed by atoms with Crippen molar-refractivity contribution in [3.63, 3.8) is 0 Å². The fourth-order valence-corrected chi connectivity index (χ4v) is 2.75. The van der Waals surface area contributed by atoms with Crippen molar-refractivity contribution in [3.05, 3.63) is 53.1 Å². The normalized spacial score (nSPS) is 12.2. The molecule has 0 spiro atoms. The molecule has 0 amide bonds. The monoisotopic (exact) mass is 307 g/mol. The first-order valence-corrected chi connectivity index (χ1v) is 8.06.